The van der Waals surface area contributed by atoms with Crippen LogP contribution in [0.4, 0.5) is 8.78 Å². The fourth-order valence-corrected chi connectivity index (χ4v) is 2.81. The predicted octanol–water partition coefficient (Wildman–Crippen LogP) is 2.09. The fourth-order valence-electron chi connectivity index (χ4n) is 2.60. The molecule has 11 heteroatoms. The molecule has 0 spiro atoms. The molecule has 1 saturated carbocycles. The number of hydrogen-bond acceptors (Lipinski definition) is 6. The Morgan fingerprint density at radius 3 is 2.44 bits per heavy atom. The normalized spacial score (nSPS) is 15.5. The van der Waals surface area contributed by atoms with Crippen molar-refractivity contribution in [1.82, 2.24) is 0 Å². The van der Waals surface area contributed by atoms with E-state index in [1.165, 1.54) is 18.2 Å². The Bertz CT molecular complexity index is 820. The van der Waals surface area contributed by atoms with E-state index in [1.54, 1.807) is 0 Å². The fraction of sp³-hybridized carbons (Fsp3) is 0.500. The highest BCUT2D eigenvalue weighted by Gasteiger charge is 2.45. The van der Waals surface area contributed by atoms with Crippen LogP contribution in [0, 0.1) is 5.92 Å². The van der Waals surface area contributed by atoms with Crippen molar-refractivity contribution in [3.8, 4) is 5.75 Å². The third-order valence-corrected chi connectivity index (χ3v) is 5.02. The molecule has 1 aromatic carbocycles. The lowest BCUT2D eigenvalue weighted by molar-refractivity contribution is -0.138. The quantitative estimate of drug-likeness (QED) is 0.322. The Labute approximate surface area is 156 Å². The number of ether oxygens (including phenoxy) is 2. The first-order valence-corrected chi connectivity index (χ1v) is 9.56. The number of rotatable bonds is 7. The molecule has 1 fully saturated rings. The van der Waals surface area contributed by atoms with Crippen molar-refractivity contribution in [1.29, 1.82) is 0 Å². The number of alkyl halides is 2. The van der Waals surface area contributed by atoms with E-state index in [9.17, 15) is 26.8 Å². The zero-order chi connectivity index (χ0) is 20.2. The lowest BCUT2D eigenvalue weighted by atomic mass is 9.96. The molecule has 0 aromatic heterocycles. The highest BCUT2D eigenvalue weighted by molar-refractivity contribution is 7.86. The molecule has 1 N–H and O–H groups in total. The van der Waals surface area contributed by atoms with Gasteiger partial charge in [0.25, 0.3) is 0 Å². The van der Waals surface area contributed by atoms with Gasteiger partial charge in [-0.25, -0.2) is 4.79 Å². The molecule has 0 aliphatic heterocycles. The molecule has 0 atom stereocenters. The van der Waals surface area contributed by atoms with Gasteiger partial charge >= 0.3 is 27.3 Å². The van der Waals surface area contributed by atoms with Gasteiger partial charge in [0.2, 0.25) is 0 Å². The molecule has 2 rings (SSSR count). The van der Waals surface area contributed by atoms with Crippen LogP contribution in [0.3, 0.4) is 0 Å². The van der Waals surface area contributed by atoms with Gasteiger partial charge in [-0.3, -0.25) is 9.35 Å². The third-order valence-electron chi connectivity index (χ3n) is 4.15. The Morgan fingerprint density at radius 2 is 1.89 bits per heavy atom. The Hall–Kier alpha value is -2.01. The van der Waals surface area contributed by atoms with Gasteiger partial charge in [-0.2, -0.15) is 17.2 Å². The minimum atomic E-state index is -5.74. The second-order valence-corrected chi connectivity index (χ2v) is 7.67. The van der Waals surface area contributed by atoms with Gasteiger partial charge < -0.3 is 9.47 Å². The van der Waals surface area contributed by atoms with E-state index in [4.69, 9.17) is 17.1 Å². The van der Waals surface area contributed by atoms with Crippen molar-refractivity contribution in [2.75, 3.05) is 6.61 Å². The van der Waals surface area contributed by atoms with E-state index in [2.05, 4.69) is 4.74 Å². The molecule has 27 heavy (non-hydrogen) atoms. The van der Waals surface area contributed by atoms with Gasteiger partial charge in [-0.15, -0.1) is 0 Å². The van der Waals surface area contributed by atoms with E-state index in [0.717, 1.165) is 12.8 Å². The number of esters is 2. The summed E-state index contributed by atoms with van der Waals surface area (Å²) in [5.41, 5.74) is 0.175. The minimum absolute atomic E-state index is 0.0735. The van der Waals surface area contributed by atoms with Crippen LogP contribution in [0.15, 0.2) is 18.2 Å². The molecule has 0 saturated heterocycles. The van der Waals surface area contributed by atoms with Gasteiger partial charge in [0.05, 0.1) is 13.8 Å². The molecule has 0 heterocycles. The lowest BCUT2D eigenvalue weighted by Gasteiger charge is -2.16. The Morgan fingerprint density at radius 1 is 1.26 bits per heavy atom. The zero-order valence-corrected chi connectivity index (χ0v) is 15.0. The maximum atomic E-state index is 13.2. The Balaban J connectivity index is 2.19. The van der Waals surface area contributed by atoms with Gasteiger partial charge in [-0.1, -0.05) is 30.8 Å². The molecule has 146 valence electrons. The third kappa shape index (κ3) is 5.26. The highest BCUT2D eigenvalue weighted by Crippen LogP contribution is 2.29. The smallest absolute Gasteiger partial charge is 0.402 e. The van der Waals surface area contributed by atoms with Crippen LogP contribution in [0.5, 0.6) is 5.75 Å². The van der Waals surface area contributed by atoms with Crippen LogP contribution in [0.1, 0.15) is 41.6 Å². The molecular weight excluding hydrogens is 385 g/mol. The summed E-state index contributed by atoms with van der Waals surface area (Å²) in [4.78, 5) is 24.3. The summed E-state index contributed by atoms with van der Waals surface area (Å²) in [5, 5.41) is -4.67. The predicted molar refractivity (Wildman–Crippen MR) is 90.3 cm³/mol. The van der Waals surface area contributed by atoms with Crippen molar-refractivity contribution >= 4 is 29.9 Å². The second kappa shape index (κ2) is 8.34. The molecule has 7 nitrogen and oxygen atoms in total. The van der Waals surface area contributed by atoms with Crippen molar-refractivity contribution in [3.63, 3.8) is 0 Å². The minimum Gasteiger partial charge on any atom is -0.454 e. The average Bonchev–Trinajstić information content (AvgIpc) is 3.13. The summed E-state index contributed by atoms with van der Waals surface area (Å²) in [6, 6.07) is 3.89. The van der Waals surface area contributed by atoms with E-state index < -0.39 is 33.9 Å². The van der Waals surface area contributed by atoms with Crippen LogP contribution < -0.4 is 4.74 Å². The van der Waals surface area contributed by atoms with Crippen LogP contribution in [-0.4, -0.2) is 44.6 Å². The van der Waals surface area contributed by atoms with Gasteiger partial charge in [0.1, 0.15) is 11.3 Å². The van der Waals surface area contributed by atoms with E-state index in [0.29, 0.717) is 18.4 Å². The SMILES string of the molecule is [B]Cc1ccc(C(=O)OCC(F)(F)S(=O)(=O)O)c(OC(=O)C2CCCC2)c1. The summed E-state index contributed by atoms with van der Waals surface area (Å²) in [6.07, 6.45) is 3.13. The van der Waals surface area contributed by atoms with Crippen LogP contribution >= 0.6 is 0 Å². The van der Waals surface area contributed by atoms with Crippen LogP contribution in [0.25, 0.3) is 0 Å². The van der Waals surface area contributed by atoms with Crippen molar-refractivity contribution in [2.45, 2.75) is 37.3 Å². The maximum Gasteiger partial charge on any atom is 0.402 e. The molecule has 1 aliphatic carbocycles. The number of carbonyl (C=O) groups excluding carboxylic acids is 2. The van der Waals surface area contributed by atoms with Gasteiger partial charge in [0, 0.05) is 0 Å². The summed E-state index contributed by atoms with van der Waals surface area (Å²) in [7, 11) is -0.232. The number of benzene rings is 1. The molecule has 2 radical (unpaired) electrons. The highest BCUT2D eigenvalue weighted by atomic mass is 32.2. The monoisotopic (exact) mass is 402 g/mol. The van der Waals surface area contributed by atoms with Gasteiger partial charge in [-0.05, 0) is 25.0 Å². The standard InChI is InChI=1S/C16H17BF2O7S/c17-8-10-5-6-12(15(21)25-9-16(18,19)27(22,23)24)13(7-10)26-14(20)11-3-1-2-4-11/h5-7,11H,1-4,8-9H2,(H,22,23,24). The average molecular weight is 402 g/mol. The second-order valence-electron chi connectivity index (χ2n) is 6.13. The summed E-state index contributed by atoms with van der Waals surface area (Å²) >= 11 is 0. The molecule has 0 amide bonds. The summed E-state index contributed by atoms with van der Waals surface area (Å²) < 4.78 is 65.6. The first-order valence-electron chi connectivity index (χ1n) is 8.12. The van der Waals surface area contributed by atoms with Crippen molar-refractivity contribution in [3.05, 3.63) is 29.3 Å². The molecule has 0 unspecified atom stereocenters. The molecule has 0 bridgehead atoms. The van der Waals surface area contributed by atoms with E-state index >= 15 is 0 Å². The maximum absolute atomic E-state index is 13.2. The molecule has 1 aliphatic rings. The number of carbonyl (C=O) groups is 2. The van der Waals surface area contributed by atoms with E-state index in [-0.39, 0.29) is 23.6 Å². The number of hydrogen-bond donors (Lipinski definition) is 1. The topological polar surface area (TPSA) is 107 Å². The first-order chi connectivity index (χ1) is 12.5. The Kier molecular flexibility index (Phi) is 6.58. The van der Waals surface area contributed by atoms with Crippen molar-refractivity contribution < 1.29 is 40.8 Å². The zero-order valence-electron chi connectivity index (χ0n) is 14.2. The first kappa shape index (κ1) is 21.3. The lowest BCUT2D eigenvalue weighted by Crippen LogP contribution is -2.34. The largest absolute Gasteiger partial charge is 0.454 e. The van der Waals surface area contributed by atoms with Gasteiger partial charge in [0.15, 0.2) is 6.61 Å². The van der Waals surface area contributed by atoms with Crippen LogP contribution in [0.2, 0.25) is 0 Å². The van der Waals surface area contributed by atoms with E-state index in [1.807, 2.05) is 0 Å². The molecular formula is C16H17BF2O7S. The number of halogens is 2. The summed E-state index contributed by atoms with van der Waals surface area (Å²) in [5.74, 6) is -2.43. The summed E-state index contributed by atoms with van der Waals surface area (Å²) in [6.45, 7) is -1.89. The van der Waals surface area contributed by atoms with Crippen LogP contribution in [-0.2, 0) is 26.0 Å². The molecule has 1 aromatic rings. The van der Waals surface area contributed by atoms with Crippen molar-refractivity contribution in [2.24, 2.45) is 5.92 Å².